The van der Waals surface area contributed by atoms with E-state index in [1.165, 1.54) is 18.2 Å². The highest BCUT2D eigenvalue weighted by Crippen LogP contribution is 2.27. The number of benzene rings is 2. The number of nitrogens with one attached hydrogen (secondary N) is 1. The third-order valence-electron chi connectivity index (χ3n) is 3.94. The molecule has 0 aliphatic carbocycles. The normalized spacial score (nSPS) is 10.6. The number of carbonyl (C=O) groups excluding carboxylic acids is 2. The first-order valence-corrected chi connectivity index (χ1v) is 8.70. The number of non-ortho nitro benzene ring substituents is 1. The van der Waals surface area contributed by atoms with Crippen molar-refractivity contribution in [3.8, 4) is 0 Å². The number of nitrogens with zero attached hydrogens (tertiary/aromatic N) is 3. The summed E-state index contributed by atoms with van der Waals surface area (Å²) in [6, 6.07) is 6.99. The van der Waals surface area contributed by atoms with Gasteiger partial charge in [-0.25, -0.2) is 4.79 Å². The SMILES string of the molecule is O=C(COC(=O)Cn1c(=O)oc2cc([N+](=O)[O-])ccc21)Nc1ccc(Cl)cc1[N+](=O)[O-]. The van der Waals surface area contributed by atoms with E-state index in [4.69, 9.17) is 20.8 Å². The van der Waals surface area contributed by atoms with E-state index in [2.05, 4.69) is 5.32 Å². The molecule has 3 rings (SSSR count). The zero-order valence-corrected chi connectivity index (χ0v) is 16.0. The molecule has 1 N–H and O–H groups in total. The van der Waals surface area contributed by atoms with E-state index in [0.29, 0.717) is 0 Å². The zero-order chi connectivity index (χ0) is 22.7. The van der Waals surface area contributed by atoms with E-state index < -0.39 is 46.3 Å². The molecule has 31 heavy (non-hydrogen) atoms. The van der Waals surface area contributed by atoms with Crippen LogP contribution in [0.4, 0.5) is 17.1 Å². The fourth-order valence-electron chi connectivity index (χ4n) is 2.59. The van der Waals surface area contributed by atoms with Gasteiger partial charge in [0.15, 0.2) is 12.2 Å². The summed E-state index contributed by atoms with van der Waals surface area (Å²) in [4.78, 5) is 56.3. The number of nitro benzene ring substituents is 2. The summed E-state index contributed by atoms with van der Waals surface area (Å²) in [5.74, 6) is -2.80. The van der Waals surface area contributed by atoms with Crippen molar-refractivity contribution in [1.82, 2.24) is 4.57 Å². The molecule has 13 nitrogen and oxygen atoms in total. The number of hydrogen-bond donors (Lipinski definition) is 1. The topological polar surface area (TPSA) is 177 Å². The molecule has 0 saturated heterocycles. The molecule has 160 valence electrons. The van der Waals surface area contributed by atoms with Crippen molar-refractivity contribution in [3.63, 3.8) is 0 Å². The van der Waals surface area contributed by atoms with Crippen LogP contribution >= 0.6 is 11.6 Å². The summed E-state index contributed by atoms with van der Waals surface area (Å²) in [5.41, 5.74) is -0.871. The highest BCUT2D eigenvalue weighted by Gasteiger charge is 2.19. The number of carbonyl (C=O) groups is 2. The van der Waals surface area contributed by atoms with Gasteiger partial charge in [0.2, 0.25) is 0 Å². The lowest BCUT2D eigenvalue weighted by Gasteiger charge is -2.07. The van der Waals surface area contributed by atoms with Crippen LogP contribution in [0.3, 0.4) is 0 Å². The Hall–Kier alpha value is -4.26. The van der Waals surface area contributed by atoms with Gasteiger partial charge < -0.3 is 14.5 Å². The van der Waals surface area contributed by atoms with Crippen LogP contribution in [0.5, 0.6) is 0 Å². The molecule has 2 aromatic carbocycles. The van der Waals surface area contributed by atoms with Gasteiger partial charge in [-0.1, -0.05) is 11.6 Å². The van der Waals surface area contributed by atoms with Gasteiger partial charge in [0.1, 0.15) is 12.2 Å². The summed E-state index contributed by atoms with van der Waals surface area (Å²) in [5, 5.41) is 24.1. The fourth-order valence-corrected chi connectivity index (χ4v) is 2.75. The Balaban J connectivity index is 1.65. The van der Waals surface area contributed by atoms with E-state index in [-0.39, 0.29) is 27.5 Å². The molecule has 0 fully saturated rings. The standard InChI is InChI=1S/C17H11ClN4O9/c18-9-1-3-11(13(5-9)22(28)29)19-15(23)8-30-16(24)7-20-12-4-2-10(21(26)27)6-14(12)31-17(20)25/h1-6H,7-8H2,(H,19,23). The van der Waals surface area contributed by atoms with Crippen molar-refractivity contribution >= 4 is 51.6 Å². The average Bonchev–Trinajstić information content (AvgIpc) is 3.02. The second-order valence-corrected chi connectivity index (χ2v) is 6.43. The average molecular weight is 451 g/mol. The number of esters is 1. The van der Waals surface area contributed by atoms with Gasteiger partial charge in [0, 0.05) is 17.2 Å². The first-order chi connectivity index (χ1) is 14.7. The number of aromatic nitrogens is 1. The molecule has 0 atom stereocenters. The largest absolute Gasteiger partial charge is 0.454 e. The summed E-state index contributed by atoms with van der Waals surface area (Å²) in [7, 11) is 0. The molecule has 0 spiro atoms. The monoisotopic (exact) mass is 450 g/mol. The molecule has 1 heterocycles. The maximum Gasteiger partial charge on any atom is 0.420 e. The van der Waals surface area contributed by atoms with Crippen molar-refractivity contribution in [2.75, 3.05) is 11.9 Å². The van der Waals surface area contributed by atoms with Crippen LogP contribution in [0, 0.1) is 20.2 Å². The van der Waals surface area contributed by atoms with Crippen LogP contribution in [-0.2, 0) is 20.9 Å². The Labute approximate surface area is 176 Å². The first kappa shape index (κ1) is 21.4. The molecule has 0 unspecified atom stereocenters. The van der Waals surface area contributed by atoms with Crippen molar-refractivity contribution in [3.05, 3.63) is 72.2 Å². The summed E-state index contributed by atoms with van der Waals surface area (Å²) >= 11 is 5.69. The Morgan fingerprint density at radius 3 is 2.55 bits per heavy atom. The van der Waals surface area contributed by atoms with Gasteiger partial charge >= 0.3 is 11.7 Å². The van der Waals surface area contributed by atoms with Crippen LogP contribution < -0.4 is 11.1 Å². The summed E-state index contributed by atoms with van der Waals surface area (Å²) in [6.07, 6.45) is 0. The second kappa shape index (κ2) is 8.62. The number of amides is 1. The zero-order valence-electron chi connectivity index (χ0n) is 15.3. The summed E-state index contributed by atoms with van der Waals surface area (Å²) < 4.78 is 10.5. The smallest absolute Gasteiger partial charge is 0.420 e. The molecule has 14 heteroatoms. The molecule has 0 aliphatic heterocycles. The van der Waals surface area contributed by atoms with Crippen molar-refractivity contribution in [1.29, 1.82) is 0 Å². The van der Waals surface area contributed by atoms with E-state index >= 15 is 0 Å². The van der Waals surface area contributed by atoms with Gasteiger partial charge in [-0.2, -0.15) is 0 Å². The fraction of sp³-hybridized carbons (Fsp3) is 0.118. The Kier molecular flexibility index (Phi) is 5.97. The first-order valence-electron chi connectivity index (χ1n) is 8.33. The molecule has 0 aliphatic rings. The van der Waals surface area contributed by atoms with Crippen LogP contribution in [0.15, 0.2) is 45.6 Å². The van der Waals surface area contributed by atoms with E-state index in [0.717, 1.165) is 22.8 Å². The number of anilines is 1. The maximum absolute atomic E-state index is 12.0. The predicted molar refractivity (Wildman–Crippen MR) is 105 cm³/mol. The Morgan fingerprint density at radius 2 is 1.87 bits per heavy atom. The minimum absolute atomic E-state index is 0.0965. The van der Waals surface area contributed by atoms with Gasteiger partial charge in [-0.05, 0) is 18.2 Å². The molecule has 0 saturated carbocycles. The highest BCUT2D eigenvalue weighted by atomic mass is 35.5. The van der Waals surface area contributed by atoms with Crippen LogP contribution in [-0.4, -0.2) is 32.9 Å². The lowest BCUT2D eigenvalue weighted by molar-refractivity contribution is -0.384. The third-order valence-corrected chi connectivity index (χ3v) is 4.18. The molecular formula is C17H11ClN4O9. The number of hydrogen-bond acceptors (Lipinski definition) is 9. The van der Waals surface area contributed by atoms with Crippen LogP contribution in [0.1, 0.15) is 0 Å². The summed E-state index contributed by atoms with van der Waals surface area (Å²) in [6.45, 7) is -1.41. The van der Waals surface area contributed by atoms with E-state index in [1.807, 2.05) is 0 Å². The van der Waals surface area contributed by atoms with Gasteiger partial charge in [-0.3, -0.25) is 34.4 Å². The van der Waals surface area contributed by atoms with Crippen LogP contribution in [0.2, 0.25) is 5.02 Å². The third kappa shape index (κ3) is 4.84. The number of oxazole rings is 1. The molecule has 1 amide bonds. The second-order valence-electron chi connectivity index (χ2n) is 5.99. The molecule has 1 aromatic heterocycles. The Morgan fingerprint density at radius 1 is 1.13 bits per heavy atom. The maximum atomic E-state index is 12.0. The highest BCUT2D eigenvalue weighted by molar-refractivity contribution is 6.31. The van der Waals surface area contributed by atoms with Gasteiger partial charge in [0.05, 0.1) is 21.4 Å². The molecule has 3 aromatic rings. The number of ether oxygens (including phenoxy) is 1. The molecule has 0 radical (unpaired) electrons. The minimum atomic E-state index is -0.982. The molecular weight excluding hydrogens is 440 g/mol. The lowest BCUT2D eigenvalue weighted by atomic mass is 10.2. The minimum Gasteiger partial charge on any atom is -0.454 e. The number of rotatable bonds is 7. The van der Waals surface area contributed by atoms with E-state index in [9.17, 15) is 34.6 Å². The number of halogens is 1. The lowest BCUT2D eigenvalue weighted by Crippen LogP contribution is -2.26. The quantitative estimate of drug-likeness (QED) is 0.321. The van der Waals surface area contributed by atoms with Crippen molar-refractivity contribution < 1.29 is 28.6 Å². The van der Waals surface area contributed by atoms with E-state index in [1.54, 1.807) is 0 Å². The van der Waals surface area contributed by atoms with Crippen LogP contribution in [0.25, 0.3) is 11.1 Å². The number of nitro groups is 2. The van der Waals surface area contributed by atoms with Gasteiger partial charge in [0.25, 0.3) is 17.3 Å². The van der Waals surface area contributed by atoms with Gasteiger partial charge in [-0.15, -0.1) is 0 Å². The van der Waals surface area contributed by atoms with Crippen molar-refractivity contribution in [2.24, 2.45) is 0 Å². The Bertz CT molecular complexity index is 1280. The molecule has 0 bridgehead atoms. The number of fused-ring (bicyclic) bond motifs is 1. The van der Waals surface area contributed by atoms with Crippen molar-refractivity contribution in [2.45, 2.75) is 6.54 Å². The predicted octanol–water partition coefficient (Wildman–Crippen LogP) is 2.25.